The number of non-ortho nitro benzene ring substituents is 1. The van der Waals surface area contributed by atoms with Gasteiger partial charge in [-0.1, -0.05) is 0 Å². The van der Waals surface area contributed by atoms with Gasteiger partial charge in [-0.25, -0.2) is 0 Å². The smallest absolute Gasteiger partial charge is 0.315 e. The number of ether oxygens (including phenoxy) is 1. The summed E-state index contributed by atoms with van der Waals surface area (Å²) in [5.74, 6) is 0.423. The Kier molecular flexibility index (Phi) is 5.44. The normalized spacial score (nSPS) is 9.89. The number of carbonyl (C=O) groups excluding carboxylic acids is 1. The number of anilines is 1. The van der Waals surface area contributed by atoms with Crippen LogP contribution in [0.25, 0.3) is 0 Å². The molecular weight excluding hydrogens is 256 g/mol. The predicted molar refractivity (Wildman–Crippen MR) is 70.8 cm³/mol. The van der Waals surface area contributed by atoms with E-state index in [9.17, 15) is 14.9 Å². The van der Waals surface area contributed by atoms with Crippen LogP contribution < -0.4 is 5.32 Å². The number of nitrogens with one attached hydrogen (secondary N) is 1. The fraction of sp³-hybridized carbons (Fsp3) is 0.364. The second kappa shape index (κ2) is 6.85. The lowest BCUT2D eigenvalue weighted by molar-refractivity contribution is -0.384. The molecule has 0 aromatic heterocycles. The fourth-order valence-electron chi connectivity index (χ4n) is 1.36. The SMILES string of the molecule is CNc1ccc([N+](=O)[O-])cc1CSCC(=O)OC. The highest BCUT2D eigenvalue weighted by Gasteiger charge is 2.11. The Morgan fingerprint density at radius 2 is 2.28 bits per heavy atom. The van der Waals surface area contributed by atoms with Crippen molar-refractivity contribution in [1.82, 2.24) is 0 Å². The van der Waals surface area contributed by atoms with E-state index < -0.39 is 4.92 Å². The topological polar surface area (TPSA) is 81.5 Å². The molecule has 18 heavy (non-hydrogen) atoms. The van der Waals surface area contributed by atoms with E-state index in [1.54, 1.807) is 13.1 Å². The van der Waals surface area contributed by atoms with Crippen LogP contribution in [0.1, 0.15) is 5.56 Å². The third-order valence-corrected chi connectivity index (χ3v) is 3.23. The Hall–Kier alpha value is -1.76. The quantitative estimate of drug-likeness (QED) is 0.484. The summed E-state index contributed by atoms with van der Waals surface area (Å²) >= 11 is 1.35. The van der Waals surface area contributed by atoms with Crippen molar-refractivity contribution >= 4 is 29.1 Å². The summed E-state index contributed by atoms with van der Waals surface area (Å²) in [5, 5.41) is 13.6. The Bertz CT molecular complexity index is 451. The first-order valence-corrected chi connectivity index (χ1v) is 6.33. The molecule has 1 aromatic carbocycles. The number of rotatable bonds is 6. The second-order valence-electron chi connectivity index (χ2n) is 3.42. The van der Waals surface area contributed by atoms with Crippen molar-refractivity contribution in [3.05, 3.63) is 33.9 Å². The van der Waals surface area contributed by atoms with Crippen LogP contribution in [0.3, 0.4) is 0 Å². The highest BCUT2D eigenvalue weighted by Crippen LogP contribution is 2.25. The third kappa shape index (κ3) is 3.92. The maximum absolute atomic E-state index is 11.0. The van der Waals surface area contributed by atoms with Crippen LogP contribution in [0.5, 0.6) is 0 Å². The van der Waals surface area contributed by atoms with Crippen LogP contribution in [0, 0.1) is 10.1 Å². The molecule has 1 aromatic rings. The number of nitro groups is 1. The summed E-state index contributed by atoms with van der Waals surface area (Å²) in [4.78, 5) is 21.2. The van der Waals surface area contributed by atoms with E-state index >= 15 is 0 Å². The number of methoxy groups -OCH3 is 1. The average molecular weight is 270 g/mol. The van der Waals surface area contributed by atoms with Crippen LogP contribution in [-0.4, -0.2) is 30.8 Å². The van der Waals surface area contributed by atoms with E-state index in [2.05, 4.69) is 10.1 Å². The molecule has 0 amide bonds. The molecule has 0 bridgehead atoms. The number of esters is 1. The summed E-state index contributed by atoms with van der Waals surface area (Å²) in [6.07, 6.45) is 0. The van der Waals surface area contributed by atoms with Gasteiger partial charge in [-0.3, -0.25) is 14.9 Å². The minimum atomic E-state index is -0.437. The third-order valence-electron chi connectivity index (χ3n) is 2.27. The molecule has 0 aliphatic heterocycles. The minimum Gasteiger partial charge on any atom is -0.468 e. The van der Waals surface area contributed by atoms with Gasteiger partial charge in [-0.05, 0) is 11.6 Å². The summed E-state index contributed by atoms with van der Waals surface area (Å²) in [7, 11) is 3.07. The lowest BCUT2D eigenvalue weighted by Crippen LogP contribution is -2.04. The monoisotopic (exact) mass is 270 g/mol. The van der Waals surface area contributed by atoms with Crippen molar-refractivity contribution in [3.8, 4) is 0 Å². The number of nitrogens with zero attached hydrogens (tertiary/aromatic N) is 1. The number of carbonyl (C=O) groups is 1. The van der Waals surface area contributed by atoms with Gasteiger partial charge in [-0.15, -0.1) is 11.8 Å². The minimum absolute atomic E-state index is 0.0441. The van der Waals surface area contributed by atoms with Gasteiger partial charge in [0.25, 0.3) is 5.69 Å². The average Bonchev–Trinajstić information content (AvgIpc) is 2.38. The predicted octanol–water partition coefficient (Wildman–Crippen LogP) is 2.04. The Balaban J connectivity index is 2.75. The number of benzene rings is 1. The first-order valence-electron chi connectivity index (χ1n) is 5.18. The summed E-state index contributed by atoms with van der Waals surface area (Å²) < 4.78 is 4.52. The first-order chi connectivity index (χ1) is 8.58. The number of hydrogen-bond acceptors (Lipinski definition) is 6. The Morgan fingerprint density at radius 1 is 1.56 bits per heavy atom. The van der Waals surface area contributed by atoms with E-state index in [-0.39, 0.29) is 17.4 Å². The Morgan fingerprint density at radius 3 is 2.83 bits per heavy atom. The molecule has 0 saturated carbocycles. The molecular formula is C11H14N2O4S. The lowest BCUT2D eigenvalue weighted by Gasteiger charge is -2.08. The van der Waals surface area contributed by atoms with E-state index in [4.69, 9.17) is 0 Å². The molecule has 1 N–H and O–H groups in total. The fourth-order valence-corrected chi connectivity index (χ4v) is 2.21. The van der Waals surface area contributed by atoms with Crippen LogP contribution >= 0.6 is 11.8 Å². The molecule has 98 valence electrons. The molecule has 0 heterocycles. The highest BCUT2D eigenvalue weighted by molar-refractivity contribution is 7.99. The van der Waals surface area contributed by atoms with Crippen molar-refractivity contribution in [2.75, 3.05) is 25.2 Å². The zero-order valence-corrected chi connectivity index (χ0v) is 11.0. The van der Waals surface area contributed by atoms with Crippen molar-refractivity contribution in [2.24, 2.45) is 0 Å². The number of hydrogen-bond donors (Lipinski definition) is 1. The standard InChI is InChI=1S/C11H14N2O4S/c1-12-10-4-3-9(13(15)16)5-8(10)6-18-7-11(14)17-2/h3-5,12H,6-7H2,1-2H3. The maximum Gasteiger partial charge on any atom is 0.315 e. The van der Waals surface area contributed by atoms with Crippen molar-refractivity contribution in [1.29, 1.82) is 0 Å². The summed E-state index contributed by atoms with van der Waals surface area (Å²) in [5.41, 5.74) is 1.65. The molecule has 0 aliphatic carbocycles. The van der Waals surface area contributed by atoms with Gasteiger partial charge in [0.15, 0.2) is 0 Å². The zero-order valence-electron chi connectivity index (χ0n) is 10.1. The van der Waals surface area contributed by atoms with Gasteiger partial charge in [0, 0.05) is 30.6 Å². The van der Waals surface area contributed by atoms with E-state index in [1.807, 2.05) is 0 Å². The highest BCUT2D eigenvalue weighted by atomic mass is 32.2. The molecule has 0 unspecified atom stereocenters. The molecule has 0 aliphatic rings. The lowest BCUT2D eigenvalue weighted by atomic mass is 10.2. The number of nitro benzene ring substituents is 1. The molecule has 0 atom stereocenters. The first kappa shape index (κ1) is 14.3. The van der Waals surface area contributed by atoms with Crippen LogP contribution in [0.15, 0.2) is 18.2 Å². The molecule has 0 fully saturated rings. The van der Waals surface area contributed by atoms with E-state index in [1.165, 1.54) is 31.0 Å². The van der Waals surface area contributed by atoms with Gasteiger partial charge in [0.2, 0.25) is 0 Å². The van der Waals surface area contributed by atoms with Gasteiger partial charge in [0.1, 0.15) is 0 Å². The molecule has 7 heteroatoms. The molecule has 6 nitrogen and oxygen atoms in total. The van der Waals surface area contributed by atoms with Crippen molar-refractivity contribution in [2.45, 2.75) is 5.75 Å². The molecule has 0 saturated heterocycles. The van der Waals surface area contributed by atoms with E-state index in [0.29, 0.717) is 5.75 Å². The van der Waals surface area contributed by atoms with Crippen LogP contribution in [-0.2, 0) is 15.3 Å². The maximum atomic E-state index is 11.0. The molecule has 0 spiro atoms. The second-order valence-corrected chi connectivity index (χ2v) is 4.40. The number of thioether (sulfide) groups is 1. The van der Waals surface area contributed by atoms with Gasteiger partial charge in [0.05, 0.1) is 17.8 Å². The molecule has 0 radical (unpaired) electrons. The van der Waals surface area contributed by atoms with Crippen LogP contribution in [0.2, 0.25) is 0 Å². The van der Waals surface area contributed by atoms with Crippen LogP contribution in [0.4, 0.5) is 11.4 Å². The van der Waals surface area contributed by atoms with Crippen molar-refractivity contribution in [3.63, 3.8) is 0 Å². The Labute approximate surface area is 109 Å². The van der Waals surface area contributed by atoms with Gasteiger partial charge in [-0.2, -0.15) is 0 Å². The zero-order chi connectivity index (χ0) is 13.5. The van der Waals surface area contributed by atoms with E-state index in [0.717, 1.165) is 11.3 Å². The van der Waals surface area contributed by atoms with Gasteiger partial charge < -0.3 is 10.1 Å². The summed E-state index contributed by atoms with van der Waals surface area (Å²) in [6, 6.07) is 4.61. The summed E-state index contributed by atoms with van der Waals surface area (Å²) in [6.45, 7) is 0. The largest absolute Gasteiger partial charge is 0.468 e. The molecule has 1 rings (SSSR count). The van der Waals surface area contributed by atoms with Crippen molar-refractivity contribution < 1.29 is 14.5 Å². The van der Waals surface area contributed by atoms with Gasteiger partial charge >= 0.3 is 5.97 Å².